The van der Waals surface area contributed by atoms with Crippen molar-refractivity contribution in [3.8, 4) is 45.3 Å². The summed E-state index contributed by atoms with van der Waals surface area (Å²) >= 11 is 6.97. The van der Waals surface area contributed by atoms with E-state index in [1.807, 2.05) is 60.7 Å². The van der Waals surface area contributed by atoms with Crippen LogP contribution in [0.3, 0.4) is 0 Å². The summed E-state index contributed by atoms with van der Waals surface area (Å²) in [6.07, 6.45) is 5.40. The lowest BCUT2D eigenvalue weighted by atomic mass is 9.97. The Balaban J connectivity index is 0.000000225. The lowest BCUT2D eigenvalue weighted by molar-refractivity contribution is 0.410. The summed E-state index contributed by atoms with van der Waals surface area (Å²) in [5.74, 6) is 3.40. The maximum atomic E-state index is 5.51. The molecule has 0 N–H and O–H groups in total. The van der Waals surface area contributed by atoms with E-state index in [0.717, 1.165) is 72.6 Å². The van der Waals surface area contributed by atoms with Crippen molar-refractivity contribution in [1.29, 1.82) is 0 Å². The Morgan fingerprint density at radius 2 is 1.10 bits per heavy atom. The maximum Gasteiger partial charge on any atom is 0.133 e. The zero-order valence-electron chi connectivity index (χ0n) is 23.3. The van der Waals surface area contributed by atoms with Crippen LogP contribution < -0.4 is 18.9 Å². The van der Waals surface area contributed by atoms with Gasteiger partial charge in [0.2, 0.25) is 0 Å². The van der Waals surface area contributed by atoms with Gasteiger partial charge in [-0.2, -0.15) is 0 Å². The van der Waals surface area contributed by atoms with Crippen LogP contribution in [0.5, 0.6) is 23.0 Å². The first-order valence-corrected chi connectivity index (χ1v) is 14.2. The Morgan fingerprint density at radius 3 is 1.68 bits per heavy atom. The minimum Gasteiger partial charge on any atom is -0.496 e. The van der Waals surface area contributed by atoms with Crippen molar-refractivity contribution in [2.24, 2.45) is 0 Å². The summed E-state index contributed by atoms with van der Waals surface area (Å²) in [6, 6.07) is 24.3. The Morgan fingerprint density at radius 1 is 0.575 bits per heavy atom. The second-order valence-electron chi connectivity index (χ2n) is 8.74. The SMILES string of the molecule is C=CCc1ccc(OC)c(-c2ccc(OC)c(CC=C)c2)c1.COc1ccc(-c2cc(Br)ccc2OC)cc1Br. The highest BCUT2D eigenvalue weighted by Crippen LogP contribution is 2.37. The number of halogens is 2. The molecule has 4 aromatic rings. The van der Waals surface area contributed by atoms with Crippen LogP contribution in [0.4, 0.5) is 0 Å². The van der Waals surface area contributed by atoms with Gasteiger partial charge in [0.1, 0.15) is 23.0 Å². The predicted molar refractivity (Wildman–Crippen MR) is 173 cm³/mol. The summed E-state index contributed by atoms with van der Waals surface area (Å²) in [4.78, 5) is 0. The normalized spacial score (nSPS) is 10.2. The maximum absolute atomic E-state index is 5.51. The molecular weight excluding hydrogens is 632 g/mol. The molecule has 40 heavy (non-hydrogen) atoms. The molecule has 0 atom stereocenters. The van der Waals surface area contributed by atoms with E-state index in [4.69, 9.17) is 18.9 Å². The van der Waals surface area contributed by atoms with Crippen LogP contribution in [-0.2, 0) is 12.8 Å². The zero-order valence-corrected chi connectivity index (χ0v) is 26.5. The monoisotopic (exact) mass is 664 g/mol. The molecule has 0 radical (unpaired) electrons. The van der Waals surface area contributed by atoms with Crippen LogP contribution in [0.25, 0.3) is 22.3 Å². The van der Waals surface area contributed by atoms with Gasteiger partial charge in [-0.1, -0.05) is 46.3 Å². The predicted octanol–water partition coefficient (Wildman–Crippen LogP) is 9.72. The second kappa shape index (κ2) is 15.3. The topological polar surface area (TPSA) is 36.9 Å². The average molecular weight is 666 g/mol. The fraction of sp³-hybridized carbons (Fsp3) is 0.176. The summed E-state index contributed by atoms with van der Waals surface area (Å²) in [6.45, 7) is 7.62. The summed E-state index contributed by atoms with van der Waals surface area (Å²) in [5, 5.41) is 0. The summed E-state index contributed by atoms with van der Waals surface area (Å²) in [7, 11) is 6.71. The van der Waals surface area contributed by atoms with Gasteiger partial charge < -0.3 is 18.9 Å². The van der Waals surface area contributed by atoms with Crippen molar-refractivity contribution in [1.82, 2.24) is 0 Å². The van der Waals surface area contributed by atoms with Gasteiger partial charge in [0.25, 0.3) is 0 Å². The fourth-order valence-electron chi connectivity index (χ4n) is 4.28. The molecule has 0 aromatic heterocycles. The molecule has 0 aliphatic rings. The van der Waals surface area contributed by atoms with Gasteiger partial charge in [0, 0.05) is 15.6 Å². The summed E-state index contributed by atoms with van der Waals surface area (Å²) in [5.41, 5.74) is 6.63. The number of allylic oxidation sites excluding steroid dienone is 2. The Kier molecular flexibility index (Phi) is 11.9. The number of ether oxygens (including phenoxy) is 4. The van der Waals surface area contributed by atoms with Crippen LogP contribution in [-0.4, -0.2) is 28.4 Å². The van der Waals surface area contributed by atoms with Crippen molar-refractivity contribution >= 4 is 31.9 Å². The molecule has 4 aromatic carbocycles. The molecule has 0 bridgehead atoms. The molecule has 0 aliphatic carbocycles. The van der Waals surface area contributed by atoms with E-state index in [2.05, 4.69) is 69.3 Å². The molecule has 4 nitrogen and oxygen atoms in total. The number of methoxy groups -OCH3 is 4. The molecule has 6 heteroatoms. The van der Waals surface area contributed by atoms with Crippen molar-refractivity contribution in [2.75, 3.05) is 28.4 Å². The molecule has 0 aliphatic heterocycles. The second-order valence-corrected chi connectivity index (χ2v) is 10.5. The van der Waals surface area contributed by atoms with Gasteiger partial charge >= 0.3 is 0 Å². The largest absolute Gasteiger partial charge is 0.496 e. The van der Waals surface area contributed by atoms with E-state index in [0.29, 0.717) is 0 Å². The van der Waals surface area contributed by atoms with Gasteiger partial charge in [-0.3, -0.25) is 0 Å². The molecule has 0 spiro atoms. The van der Waals surface area contributed by atoms with Crippen molar-refractivity contribution in [3.63, 3.8) is 0 Å². The van der Waals surface area contributed by atoms with Crippen LogP contribution in [0.1, 0.15) is 11.1 Å². The lowest BCUT2D eigenvalue weighted by Gasteiger charge is -2.13. The van der Waals surface area contributed by atoms with E-state index in [1.54, 1.807) is 28.4 Å². The fourth-order valence-corrected chi connectivity index (χ4v) is 5.18. The van der Waals surface area contributed by atoms with Gasteiger partial charge in [0.15, 0.2) is 0 Å². The molecule has 0 saturated heterocycles. The minimum atomic E-state index is 0.770. The number of hydrogen-bond acceptors (Lipinski definition) is 4. The molecule has 0 heterocycles. The molecule has 208 valence electrons. The van der Waals surface area contributed by atoms with Crippen LogP contribution in [0.15, 0.2) is 107 Å². The standard InChI is InChI=1S/C20H22O2.C14H12Br2O2/c1-5-7-15-9-11-20(22-4)18(13-15)16-10-12-19(21-3)17(14-16)8-6-2;1-17-13-6-4-10(15)8-11(13)9-3-5-14(18-2)12(16)7-9/h5-6,9-14H,1-2,7-8H2,3-4H3;3-8H,1-2H3. The van der Waals surface area contributed by atoms with Gasteiger partial charge in [-0.15, -0.1) is 13.2 Å². The van der Waals surface area contributed by atoms with Crippen LogP contribution in [0, 0.1) is 0 Å². The zero-order chi connectivity index (χ0) is 29.1. The van der Waals surface area contributed by atoms with Crippen molar-refractivity contribution < 1.29 is 18.9 Å². The lowest BCUT2D eigenvalue weighted by Crippen LogP contribution is -1.94. The smallest absolute Gasteiger partial charge is 0.133 e. The van der Waals surface area contributed by atoms with Crippen LogP contribution in [0.2, 0.25) is 0 Å². The molecular formula is C34H34Br2O4. The van der Waals surface area contributed by atoms with Crippen LogP contribution >= 0.6 is 31.9 Å². The molecule has 0 fully saturated rings. The van der Waals surface area contributed by atoms with Gasteiger partial charge in [-0.25, -0.2) is 0 Å². The number of rotatable bonds is 10. The first kappa shape index (κ1) is 31.1. The van der Waals surface area contributed by atoms with E-state index >= 15 is 0 Å². The molecule has 0 amide bonds. The highest BCUT2D eigenvalue weighted by molar-refractivity contribution is 9.10. The number of hydrogen-bond donors (Lipinski definition) is 0. The van der Waals surface area contributed by atoms with Crippen molar-refractivity contribution in [3.05, 3.63) is 118 Å². The van der Waals surface area contributed by atoms with E-state index in [1.165, 1.54) is 5.56 Å². The molecule has 4 rings (SSSR count). The van der Waals surface area contributed by atoms with Crippen molar-refractivity contribution in [2.45, 2.75) is 12.8 Å². The molecule has 0 unspecified atom stereocenters. The molecule has 0 saturated carbocycles. The van der Waals surface area contributed by atoms with E-state index < -0.39 is 0 Å². The van der Waals surface area contributed by atoms with Gasteiger partial charge in [-0.05, 0) is 106 Å². The Hall–Kier alpha value is -3.48. The Bertz CT molecular complexity index is 1460. The van der Waals surface area contributed by atoms with Gasteiger partial charge in [0.05, 0.1) is 32.9 Å². The highest BCUT2D eigenvalue weighted by Gasteiger charge is 2.11. The highest BCUT2D eigenvalue weighted by atomic mass is 79.9. The minimum absolute atomic E-state index is 0.770. The third-order valence-electron chi connectivity index (χ3n) is 6.22. The summed E-state index contributed by atoms with van der Waals surface area (Å²) < 4.78 is 23.5. The first-order valence-electron chi connectivity index (χ1n) is 12.6. The van der Waals surface area contributed by atoms with E-state index in [9.17, 15) is 0 Å². The first-order chi connectivity index (χ1) is 19.4. The average Bonchev–Trinajstić information content (AvgIpc) is 2.97. The third-order valence-corrected chi connectivity index (χ3v) is 7.34. The third kappa shape index (κ3) is 7.80. The Labute approximate surface area is 254 Å². The number of benzene rings is 4. The quantitative estimate of drug-likeness (QED) is 0.158. The van der Waals surface area contributed by atoms with E-state index in [-0.39, 0.29) is 0 Å².